The van der Waals surface area contributed by atoms with Crippen molar-refractivity contribution in [3.05, 3.63) is 81.1 Å². The minimum atomic E-state index is 0. The van der Waals surface area contributed by atoms with Crippen molar-refractivity contribution in [2.24, 2.45) is 0 Å². The SMILES string of the molecule is C1COCCO1.C1COCCO1.[CH2][CH][CH2].[CH2][CH][CH2].[CH2][CH][CH2].[CH2][CH][CH2].[Li].[Y]. The third-order valence-electron chi connectivity index (χ3n) is 1.49. The zero-order chi connectivity index (χ0) is 19.3. The maximum absolute atomic E-state index is 4.94. The largest absolute Gasteiger partial charge is 0.377 e. The Bertz CT molecular complexity index is 105. The fourth-order valence-corrected chi connectivity index (χ4v) is 0.880. The van der Waals surface area contributed by atoms with Crippen LogP contribution in [-0.2, 0) is 51.7 Å². The predicted octanol–water partition coefficient (Wildman–Crippen LogP) is 3.12. The first-order valence-corrected chi connectivity index (χ1v) is 7.58. The summed E-state index contributed by atoms with van der Waals surface area (Å²) >= 11 is 0. The van der Waals surface area contributed by atoms with Gasteiger partial charge < -0.3 is 18.9 Å². The van der Waals surface area contributed by atoms with Crippen LogP contribution in [0.25, 0.3) is 0 Å². The number of hydrogen-bond donors (Lipinski definition) is 0. The van der Waals surface area contributed by atoms with E-state index in [1.807, 2.05) is 0 Å². The fourth-order valence-electron chi connectivity index (χ4n) is 0.880. The average molecular weight is 436 g/mol. The third kappa shape index (κ3) is 83.9. The summed E-state index contributed by atoms with van der Waals surface area (Å²) in [6.07, 6.45) is 6.00. The Balaban J connectivity index is -0.0000000474. The van der Waals surface area contributed by atoms with Crippen LogP contribution in [0.15, 0.2) is 0 Å². The second-order valence-electron chi connectivity index (χ2n) is 3.60. The Hall–Kier alpha value is 1.54. The Kier molecular flexibility index (Phi) is 90.5. The zero-order valence-corrected chi connectivity index (χ0v) is 19.7. The summed E-state index contributed by atoms with van der Waals surface area (Å²) in [5.41, 5.74) is 0. The van der Waals surface area contributed by atoms with E-state index < -0.39 is 0 Å². The van der Waals surface area contributed by atoms with Gasteiger partial charge in [-0.25, -0.2) is 0 Å². The van der Waals surface area contributed by atoms with Gasteiger partial charge in [0.25, 0.3) is 0 Å². The van der Waals surface area contributed by atoms with E-state index in [1.54, 1.807) is 0 Å². The maximum Gasteiger partial charge on any atom is 0.0701 e. The average Bonchev–Trinajstić information content (AvgIpc) is 2.61. The second-order valence-corrected chi connectivity index (χ2v) is 3.60. The minimum Gasteiger partial charge on any atom is -0.377 e. The van der Waals surface area contributed by atoms with Gasteiger partial charge in [-0.2, -0.15) is 0 Å². The van der Waals surface area contributed by atoms with Crippen molar-refractivity contribution in [1.29, 1.82) is 0 Å². The van der Waals surface area contributed by atoms with E-state index in [-0.39, 0.29) is 51.6 Å². The summed E-state index contributed by atoms with van der Waals surface area (Å²) in [5, 5.41) is 0. The number of hydrogen-bond acceptors (Lipinski definition) is 4. The smallest absolute Gasteiger partial charge is 0.0701 e. The molecule has 2 rings (SSSR count). The van der Waals surface area contributed by atoms with Crippen LogP contribution in [0.5, 0.6) is 0 Å². The molecule has 0 aromatic rings. The standard InChI is InChI=1S/2C4H8O2.4C3H5.Li.Y/c2*1-2-6-4-3-5-1;4*1-3-2;;/h2*1-4H2;4*3H,1-2H2;;. The summed E-state index contributed by atoms with van der Waals surface area (Å²) < 4.78 is 19.8. The van der Waals surface area contributed by atoms with Crippen molar-refractivity contribution >= 4 is 18.9 Å². The molecule has 0 aromatic heterocycles. The topological polar surface area (TPSA) is 36.9 Å². The van der Waals surface area contributed by atoms with Crippen LogP contribution in [0.3, 0.4) is 0 Å². The predicted molar refractivity (Wildman–Crippen MR) is 109 cm³/mol. The van der Waals surface area contributed by atoms with E-state index in [0.29, 0.717) is 0 Å². The Morgan fingerprint density at radius 2 is 0.462 bits per heavy atom. The van der Waals surface area contributed by atoms with Gasteiger partial charge in [-0.1, -0.05) is 0 Å². The van der Waals surface area contributed by atoms with Gasteiger partial charge in [0, 0.05) is 51.6 Å². The van der Waals surface area contributed by atoms with Crippen LogP contribution >= 0.6 is 0 Å². The molecule has 2 aliphatic heterocycles. The molecule has 2 heterocycles. The van der Waals surface area contributed by atoms with Crippen LogP contribution in [-0.4, -0.2) is 71.7 Å². The molecule has 2 saturated heterocycles. The van der Waals surface area contributed by atoms with Gasteiger partial charge in [-0.15, -0.1) is 0 Å². The van der Waals surface area contributed by atoms with Crippen molar-refractivity contribution in [1.82, 2.24) is 0 Å². The fraction of sp³-hybridized carbons (Fsp3) is 0.400. The molecule has 0 spiro atoms. The molecule has 0 atom stereocenters. The normalized spacial score (nSPS) is 13.8. The van der Waals surface area contributed by atoms with Crippen LogP contribution in [0.2, 0.25) is 0 Å². The monoisotopic (exact) mass is 436 g/mol. The van der Waals surface area contributed by atoms with Crippen molar-refractivity contribution in [3.63, 3.8) is 0 Å². The van der Waals surface area contributed by atoms with E-state index in [1.165, 1.54) is 25.7 Å². The molecule has 0 aliphatic carbocycles. The van der Waals surface area contributed by atoms with Gasteiger partial charge in [0.1, 0.15) is 0 Å². The molecule has 14 radical (unpaired) electrons. The Morgan fingerprint density at radius 3 is 0.500 bits per heavy atom. The molecule has 0 unspecified atom stereocenters. The molecule has 0 amide bonds. The molecule has 144 valence electrons. The molecule has 6 heteroatoms. The summed E-state index contributed by atoms with van der Waals surface area (Å²) in [4.78, 5) is 0. The van der Waals surface area contributed by atoms with E-state index in [0.717, 1.165) is 52.9 Å². The summed E-state index contributed by atoms with van der Waals surface area (Å²) in [7, 11) is 0. The van der Waals surface area contributed by atoms with Crippen molar-refractivity contribution in [2.75, 3.05) is 52.9 Å². The van der Waals surface area contributed by atoms with Crippen LogP contribution < -0.4 is 0 Å². The van der Waals surface area contributed by atoms with Crippen LogP contribution in [0, 0.1) is 81.1 Å². The van der Waals surface area contributed by atoms with Crippen molar-refractivity contribution in [3.8, 4) is 0 Å². The van der Waals surface area contributed by atoms with Gasteiger partial charge in [-0.05, 0) is 81.1 Å². The Morgan fingerprint density at radius 1 is 0.385 bits per heavy atom. The van der Waals surface area contributed by atoms with Gasteiger partial charge >= 0.3 is 0 Å². The molecule has 0 N–H and O–H groups in total. The minimum absolute atomic E-state index is 0. The Labute approximate surface area is 203 Å². The van der Waals surface area contributed by atoms with Gasteiger partial charge in [-0.3, -0.25) is 0 Å². The van der Waals surface area contributed by atoms with E-state index >= 15 is 0 Å². The second kappa shape index (κ2) is 56.3. The molecule has 0 aromatic carbocycles. The van der Waals surface area contributed by atoms with E-state index in [4.69, 9.17) is 18.9 Å². The molecule has 2 fully saturated rings. The quantitative estimate of drug-likeness (QED) is 0.547. The van der Waals surface area contributed by atoms with Gasteiger partial charge in [0.05, 0.1) is 52.9 Å². The van der Waals surface area contributed by atoms with E-state index in [2.05, 4.69) is 55.4 Å². The van der Waals surface area contributed by atoms with Gasteiger partial charge in [0.2, 0.25) is 0 Å². The third-order valence-corrected chi connectivity index (χ3v) is 1.49. The number of rotatable bonds is 0. The molecular formula is C20H36LiO4Y. The molecule has 4 nitrogen and oxygen atoms in total. The molecule has 26 heavy (non-hydrogen) atoms. The first kappa shape index (κ1) is 41.8. The van der Waals surface area contributed by atoms with Crippen LogP contribution in [0.4, 0.5) is 0 Å². The van der Waals surface area contributed by atoms with Crippen molar-refractivity contribution in [2.45, 2.75) is 0 Å². The van der Waals surface area contributed by atoms with Crippen molar-refractivity contribution < 1.29 is 51.7 Å². The molecule has 2 aliphatic rings. The summed E-state index contributed by atoms with van der Waals surface area (Å²) in [5.74, 6) is 0. The molecular weight excluding hydrogens is 400 g/mol. The van der Waals surface area contributed by atoms with E-state index in [9.17, 15) is 0 Å². The summed E-state index contributed by atoms with van der Waals surface area (Å²) in [6.45, 7) is 32.2. The zero-order valence-electron chi connectivity index (χ0n) is 16.8. The summed E-state index contributed by atoms with van der Waals surface area (Å²) in [6, 6.07) is 0. The first-order chi connectivity index (χ1) is 11.7. The first-order valence-electron chi connectivity index (χ1n) is 7.58. The maximum atomic E-state index is 4.94. The van der Waals surface area contributed by atoms with Crippen LogP contribution in [0.1, 0.15) is 0 Å². The van der Waals surface area contributed by atoms with Gasteiger partial charge in [0.15, 0.2) is 0 Å². The number of ether oxygens (including phenoxy) is 4. The molecule has 0 saturated carbocycles. The molecule has 0 bridgehead atoms.